The Labute approximate surface area is 112 Å². The molecule has 0 saturated carbocycles. The molecular weight excluding hydrogens is 244 g/mol. The first kappa shape index (κ1) is 15.2. The predicted molar refractivity (Wildman–Crippen MR) is 73.0 cm³/mol. The third kappa shape index (κ3) is 5.52. The molecule has 0 bridgehead atoms. The standard InChI is InChI=1S/C14H20N2O3/c1-2-12(15)9-13(17)16-8-7-10-3-5-11(6-4-10)14(18)19/h3-6,12H,2,7-9,15H2,1H3,(H,16,17)(H,18,19). The lowest BCUT2D eigenvalue weighted by Crippen LogP contribution is -2.32. The Morgan fingerprint density at radius 3 is 2.47 bits per heavy atom. The first-order chi connectivity index (χ1) is 9.02. The summed E-state index contributed by atoms with van der Waals surface area (Å²) in [5.41, 5.74) is 6.94. The molecule has 104 valence electrons. The zero-order valence-electron chi connectivity index (χ0n) is 11.1. The summed E-state index contributed by atoms with van der Waals surface area (Å²) >= 11 is 0. The molecule has 1 amide bonds. The van der Waals surface area contributed by atoms with Gasteiger partial charge in [-0.15, -0.1) is 0 Å². The summed E-state index contributed by atoms with van der Waals surface area (Å²) in [6.45, 7) is 2.48. The van der Waals surface area contributed by atoms with Gasteiger partial charge in [-0.2, -0.15) is 0 Å². The number of carbonyl (C=O) groups is 2. The Morgan fingerprint density at radius 2 is 1.95 bits per heavy atom. The summed E-state index contributed by atoms with van der Waals surface area (Å²) in [7, 11) is 0. The summed E-state index contributed by atoms with van der Waals surface area (Å²) in [5.74, 6) is -0.982. The second-order valence-corrected chi connectivity index (χ2v) is 4.47. The second-order valence-electron chi connectivity index (χ2n) is 4.47. The third-order valence-electron chi connectivity index (χ3n) is 2.91. The first-order valence-electron chi connectivity index (χ1n) is 6.37. The number of carboxylic acid groups (broad SMARTS) is 1. The Hall–Kier alpha value is -1.88. The van der Waals surface area contributed by atoms with Crippen molar-refractivity contribution in [1.29, 1.82) is 0 Å². The molecule has 1 unspecified atom stereocenters. The Balaban J connectivity index is 2.33. The summed E-state index contributed by atoms with van der Waals surface area (Å²) in [6, 6.07) is 6.55. The van der Waals surface area contributed by atoms with E-state index in [4.69, 9.17) is 10.8 Å². The Morgan fingerprint density at radius 1 is 1.32 bits per heavy atom. The number of nitrogens with one attached hydrogen (secondary N) is 1. The van der Waals surface area contributed by atoms with E-state index in [1.165, 1.54) is 0 Å². The van der Waals surface area contributed by atoms with Gasteiger partial charge in [0.2, 0.25) is 5.91 Å². The number of amides is 1. The molecule has 1 rings (SSSR count). The van der Waals surface area contributed by atoms with Crippen molar-refractivity contribution < 1.29 is 14.7 Å². The minimum Gasteiger partial charge on any atom is -0.478 e. The van der Waals surface area contributed by atoms with Crippen LogP contribution < -0.4 is 11.1 Å². The highest BCUT2D eigenvalue weighted by Gasteiger charge is 2.07. The van der Waals surface area contributed by atoms with Crippen LogP contribution in [0.15, 0.2) is 24.3 Å². The van der Waals surface area contributed by atoms with E-state index in [1.54, 1.807) is 24.3 Å². The minimum absolute atomic E-state index is 0.0449. The summed E-state index contributed by atoms with van der Waals surface area (Å²) < 4.78 is 0. The molecule has 4 N–H and O–H groups in total. The van der Waals surface area contributed by atoms with Crippen LogP contribution in [0.1, 0.15) is 35.7 Å². The van der Waals surface area contributed by atoms with Crippen molar-refractivity contribution in [2.75, 3.05) is 6.54 Å². The number of rotatable bonds is 7. The van der Waals surface area contributed by atoms with Gasteiger partial charge in [0, 0.05) is 19.0 Å². The Bertz CT molecular complexity index is 429. The molecule has 1 aromatic carbocycles. The lowest BCUT2D eigenvalue weighted by atomic mass is 10.1. The van der Waals surface area contributed by atoms with E-state index in [2.05, 4.69) is 5.32 Å². The van der Waals surface area contributed by atoms with Gasteiger partial charge < -0.3 is 16.2 Å². The monoisotopic (exact) mass is 264 g/mol. The molecular formula is C14H20N2O3. The van der Waals surface area contributed by atoms with Crippen LogP contribution in [-0.4, -0.2) is 29.6 Å². The van der Waals surface area contributed by atoms with Crippen LogP contribution >= 0.6 is 0 Å². The van der Waals surface area contributed by atoms with Gasteiger partial charge >= 0.3 is 5.97 Å². The van der Waals surface area contributed by atoms with Crippen LogP contribution in [0.2, 0.25) is 0 Å². The number of hydrogen-bond donors (Lipinski definition) is 3. The largest absolute Gasteiger partial charge is 0.478 e. The number of nitrogens with two attached hydrogens (primary N) is 1. The highest BCUT2D eigenvalue weighted by molar-refractivity contribution is 5.87. The van der Waals surface area contributed by atoms with Crippen LogP contribution in [0.3, 0.4) is 0 Å². The quantitative estimate of drug-likeness (QED) is 0.689. The number of hydrogen-bond acceptors (Lipinski definition) is 3. The second kappa shape index (κ2) is 7.53. The third-order valence-corrected chi connectivity index (χ3v) is 2.91. The molecule has 0 fully saturated rings. The fraction of sp³-hybridized carbons (Fsp3) is 0.429. The molecule has 0 spiro atoms. The maximum absolute atomic E-state index is 11.5. The lowest BCUT2D eigenvalue weighted by molar-refractivity contribution is -0.121. The van der Waals surface area contributed by atoms with Gasteiger partial charge in [-0.3, -0.25) is 4.79 Å². The topological polar surface area (TPSA) is 92.4 Å². The highest BCUT2D eigenvalue weighted by Crippen LogP contribution is 2.04. The van der Waals surface area contributed by atoms with Crippen LogP contribution in [0.5, 0.6) is 0 Å². The Kier molecular flexibility index (Phi) is 6.02. The maximum Gasteiger partial charge on any atom is 0.335 e. The van der Waals surface area contributed by atoms with E-state index >= 15 is 0 Å². The van der Waals surface area contributed by atoms with Gasteiger partial charge in [0.25, 0.3) is 0 Å². The summed E-state index contributed by atoms with van der Waals surface area (Å²) in [5, 5.41) is 11.6. The molecule has 1 aromatic rings. The van der Waals surface area contributed by atoms with Crippen molar-refractivity contribution in [2.24, 2.45) is 5.73 Å². The number of benzene rings is 1. The highest BCUT2D eigenvalue weighted by atomic mass is 16.4. The van der Waals surface area contributed by atoms with E-state index in [9.17, 15) is 9.59 Å². The maximum atomic E-state index is 11.5. The molecule has 0 aliphatic rings. The van der Waals surface area contributed by atoms with E-state index in [1.807, 2.05) is 6.92 Å². The summed E-state index contributed by atoms with van der Waals surface area (Å²) in [4.78, 5) is 22.2. The van der Waals surface area contributed by atoms with Crippen molar-refractivity contribution >= 4 is 11.9 Å². The van der Waals surface area contributed by atoms with Crippen molar-refractivity contribution in [3.05, 3.63) is 35.4 Å². The van der Waals surface area contributed by atoms with Crippen molar-refractivity contribution in [1.82, 2.24) is 5.32 Å². The molecule has 0 saturated heterocycles. The van der Waals surface area contributed by atoms with Gasteiger partial charge in [-0.25, -0.2) is 4.79 Å². The van der Waals surface area contributed by atoms with Crippen LogP contribution in [-0.2, 0) is 11.2 Å². The van der Waals surface area contributed by atoms with Gasteiger partial charge in [0.1, 0.15) is 0 Å². The van der Waals surface area contributed by atoms with Crippen molar-refractivity contribution in [3.63, 3.8) is 0 Å². The fourth-order valence-corrected chi connectivity index (χ4v) is 1.61. The van der Waals surface area contributed by atoms with Gasteiger partial charge in [0.15, 0.2) is 0 Å². The number of carboxylic acids is 1. The molecule has 0 aromatic heterocycles. The molecule has 19 heavy (non-hydrogen) atoms. The molecule has 0 radical (unpaired) electrons. The number of carbonyl (C=O) groups excluding carboxylic acids is 1. The van der Waals surface area contributed by atoms with Gasteiger partial charge in [0.05, 0.1) is 5.56 Å². The number of aromatic carboxylic acids is 1. The van der Waals surface area contributed by atoms with E-state index in [0.29, 0.717) is 19.4 Å². The molecule has 1 atom stereocenters. The van der Waals surface area contributed by atoms with E-state index < -0.39 is 5.97 Å². The average Bonchev–Trinajstić information content (AvgIpc) is 2.39. The van der Waals surface area contributed by atoms with E-state index in [0.717, 1.165) is 12.0 Å². The van der Waals surface area contributed by atoms with Crippen molar-refractivity contribution in [3.8, 4) is 0 Å². The zero-order chi connectivity index (χ0) is 14.3. The fourth-order valence-electron chi connectivity index (χ4n) is 1.61. The molecule has 0 heterocycles. The smallest absolute Gasteiger partial charge is 0.335 e. The van der Waals surface area contributed by atoms with E-state index in [-0.39, 0.29) is 17.5 Å². The zero-order valence-corrected chi connectivity index (χ0v) is 11.1. The summed E-state index contributed by atoms with van der Waals surface area (Å²) in [6.07, 6.45) is 1.80. The lowest BCUT2D eigenvalue weighted by Gasteiger charge is -2.09. The molecule has 5 nitrogen and oxygen atoms in total. The van der Waals surface area contributed by atoms with Crippen LogP contribution in [0, 0.1) is 0 Å². The van der Waals surface area contributed by atoms with Crippen LogP contribution in [0.25, 0.3) is 0 Å². The first-order valence-corrected chi connectivity index (χ1v) is 6.37. The van der Waals surface area contributed by atoms with Gasteiger partial charge in [-0.05, 0) is 30.5 Å². The van der Waals surface area contributed by atoms with Gasteiger partial charge in [-0.1, -0.05) is 19.1 Å². The molecule has 0 aliphatic heterocycles. The SMILES string of the molecule is CCC(N)CC(=O)NCCc1ccc(C(=O)O)cc1. The average molecular weight is 264 g/mol. The minimum atomic E-state index is -0.937. The van der Waals surface area contributed by atoms with Crippen LogP contribution in [0.4, 0.5) is 0 Å². The normalized spacial score (nSPS) is 11.9. The molecule has 5 heteroatoms. The molecule has 0 aliphatic carbocycles. The predicted octanol–water partition coefficient (Wildman–Crippen LogP) is 1.17. The van der Waals surface area contributed by atoms with Crippen molar-refractivity contribution in [2.45, 2.75) is 32.2 Å².